The molecule has 3 aromatic heterocycles. The van der Waals surface area contributed by atoms with Gasteiger partial charge in [-0.05, 0) is 30.3 Å². The summed E-state index contributed by atoms with van der Waals surface area (Å²) in [5, 5.41) is 3.62. The highest BCUT2D eigenvalue weighted by Crippen LogP contribution is 2.30. The average molecular weight is 463 g/mol. The molecule has 1 aliphatic rings. The zero-order chi connectivity index (χ0) is 22.9. The molecule has 168 valence electrons. The van der Waals surface area contributed by atoms with Gasteiger partial charge < -0.3 is 20.9 Å². The van der Waals surface area contributed by atoms with E-state index in [4.69, 9.17) is 17.3 Å². The summed E-state index contributed by atoms with van der Waals surface area (Å²) in [5.41, 5.74) is 10.8. The molecule has 0 bridgehead atoms. The van der Waals surface area contributed by atoms with Crippen LogP contribution in [0.4, 0.5) is 23.0 Å². The van der Waals surface area contributed by atoms with Crippen LogP contribution in [-0.2, 0) is 4.79 Å². The van der Waals surface area contributed by atoms with Gasteiger partial charge in [0, 0.05) is 45.0 Å². The first kappa shape index (κ1) is 21.0. The average Bonchev–Trinajstić information content (AvgIpc) is 3.25. The Morgan fingerprint density at radius 1 is 1.09 bits per heavy atom. The number of benzene rings is 1. The molecule has 0 radical (unpaired) electrons. The number of pyridine rings is 1. The molecular weight excluding hydrogens is 440 g/mol. The van der Waals surface area contributed by atoms with Gasteiger partial charge in [0.15, 0.2) is 0 Å². The van der Waals surface area contributed by atoms with Crippen LogP contribution in [0, 0.1) is 0 Å². The first-order valence-corrected chi connectivity index (χ1v) is 11.0. The summed E-state index contributed by atoms with van der Waals surface area (Å²) in [6, 6.07) is 11.6. The van der Waals surface area contributed by atoms with Crippen molar-refractivity contribution >= 4 is 46.2 Å². The van der Waals surface area contributed by atoms with E-state index in [0.717, 1.165) is 30.1 Å². The van der Waals surface area contributed by atoms with Crippen LogP contribution in [0.15, 0.2) is 55.0 Å². The lowest BCUT2D eigenvalue weighted by Crippen LogP contribution is -2.48. The predicted molar refractivity (Wildman–Crippen MR) is 130 cm³/mol. The molecule has 0 aliphatic carbocycles. The number of nitrogens with two attached hydrogens (primary N) is 1. The van der Waals surface area contributed by atoms with E-state index in [1.807, 2.05) is 51.9 Å². The summed E-state index contributed by atoms with van der Waals surface area (Å²) < 4.78 is 1.92. The number of halogens is 1. The van der Waals surface area contributed by atoms with E-state index in [1.165, 1.54) is 0 Å². The standard InChI is InChI=1S/C23H23ClN8O/c1-15(33)30-8-10-31(11-9-30)16-5-6-19(18(25)12-16)28-23-27-13-17(24)22(29-23)20-14-26-21-4-2-3-7-32(20)21/h2-7,12-14H,8-11,25H2,1H3,(H,27,28,29). The number of imidazole rings is 1. The quantitative estimate of drug-likeness (QED) is 0.447. The number of piperazine rings is 1. The molecule has 1 aliphatic heterocycles. The summed E-state index contributed by atoms with van der Waals surface area (Å²) in [7, 11) is 0. The molecule has 0 spiro atoms. The van der Waals surface area contributed by atoms with E-state index < -0.39 is 0 Å². The minimum Gasteiger partial charge on any atom is -0.397 e. The second-order valence-corrected chi connectivity index (χ2v) is 8.26. The fourth-order valence-corrected chi connectivity index (χ4v) is 4.16. The number of fused-ring (bicyclic) bond motifs is 1. The topological polar surface area (TPSA) is 105 Å². The van der Waals surface area contributed by atoms with E-state index >= 15 is 0 Å². The van der Waals surface area contributed by atoms with E-state index in [2.05, 4.69) is 25.2 Å². The van der Waals surface area contributed by atoms with Crippen LogP contribution in [0.3, 0.4) is 0 Å². The molecule has 1 aromatic carbocycles. The third kappa shape index (κ3) is 4.14. The molecule has 4 heterocycles. The van der Waals surface area contributed by atoms with Crippen LogP contribution in [-0.4, -0.2) is 56.3 Å². The zero-order valence-corrected chi connectivity index (χ0v) is 18.8. The Morgan fingerprint density at radius 2 is 1.91 bits per heavy atom. The second kappa shape index (κ2) is 8.59. The number of hydrogen-bond donors (Lipinski definition) is 2. The summed E-state index contributed by atoms with van der Waals surface area (Å²) in [6.07, 6.45) is 5.21. The highest BCUT2D eigenvalue weighted by atomic mass is 35.5. The van der Waals surface area contributed by atoms with Gasteiger partial charge in [0.1, 0.15) is 11.3 Å². The van der Waals surface area contributed by atoms with Gasteiger partial charge in [-0.25, -0.2) is 15.0 Å². The van der Waals surface area contributed by atoms with Crippen molar-refractivity contribution in [1.82, 2.24) is 24.3 Å². The summed E-state index contributed by atoms with van der Waals surface area (Å²) >= 11 is 6.41. The molecule has 1 saturated heterocycles. The van der Waals surface area contributed by atoms with Gasteiger partial charge in [0.25, 0.3) is 0 Å². The molecule has 3 N–H and O–H groups in total. The van der Waals surface area contributed by atoms with E-state index in [0.29, 0.717) is 41.1 Å². The summed E-state index contributed by atoms with van der Waals surface area (Å²) in [6.45, 7) is 4.57. The Kier molecular flexibility index (Phi) is 5.47. The molecule has 1 amide bonds. The predicted octanol–water partition coefficient (Wildman–Crippen LogP) is 3.44. The van der Waals surface area contributed by atoms with Gasteiger partial charge in [0.2, 0.25) is 11.9 Å². The van der Waals surface area contributed by atoms with Crippen LogP contribution in [0.5, 0.6) is 0 Å². The maximum Gasteiger partial charge on any atom is 0.227 e. The SMILES string of the molecule is CC(=O)N1CCN(c2ccc(Nc3ncc(Cl)c(-c4cnc5ccccn45)n3)c(N)c2)CC1. The van der Waals surface area contributed by atoms with Crippen LogP contribution < -0.4 is 16.0 Å². The van der Waals surface area contributed by atoms with Gasteiger partial charge in [-0.15, -0.1) is 0 Å². The van der Waals surface area contributed by atoms with Crippen molar-refractivity contribution in [3.05, 3.63) is 60.0 Å². The molecule has 10 heteroatoms. The normalized spacial score (nSPS) is 14.0. The molecule has 33 heavy (non-hydrogen) atoms. The molecule has 0 saturated carbocycles. The van der Waals surface area contributed by atoms with Crippen molar-refractivity contribution in [2.45, 2.75) is 6.92 Å². The van der Waals surface area contributed by atoms with Crippen molar-refractivity contribution in [1.29, 1.82) is 0 Å². The lowest BCUT2D eigenvalue weighted by atomic mass is 10.2. The van der Waals surface area contributed by atoms with Crippen molar-refractivity contribution < 1.29 is 4.79 Å². The van der Waals surface area contributed by atoms with E-state index in [9.17, 15) is 4.79 Å². The maximum atomic E-state index is 11.6. The Bertz CT molecular complexity index is 1330. The number of hydrogen-bond acceptors (Lipinski definition) is 7. The number of carbonyl (C=O) groups is 1. The highest BCUT2D eigenvalue weighted by molar-refractivity contribution is 6.32. The number of nitrogens with zero attached hydrogens (tertiary/aromatic N) is 6. The Morgan fingerprint density at radius 3 is 2.67 bits per heavy atom. The fourth-order valence-electron chi connectivity index (χ4n) is 3.98. The molecular formula is C23H23ClN8O. The second-order valence-electron chi connectivity index (χ2n) is 7.85. The van der Waals surface area contributed by atoms with Crippen LogP contribution in [0.1, 0.15) is 6.92 Å². The number of anilines is 4. The molecule has 4 aromatic rings. The zero-order valence-electron chi connectivity index (χ0n) is 18.1. The van der Waals surface area contributed by atoms with Crippen molar-refractivity contribution in [3.8, 4) is 11.4 Å². The number of amides is 1. The maximum absolute atomic E-state index is 11.6. The van der Waals surface area contributed by atoms with Crippen LogP contribution >= 0.6 is 11.6 Å². The monoisotopic (exact) mass is 462 g/mol. The van der Waals surface area contributed by atoms with Gasteiger partial charge >= 0.3 is 0 Å². The van der Waals surface area contributed by atoms with Crippen LogP contribution in [0.25, 0.3) is 17.0 Å². The van der Waals surface area contributed by atoms with Gasteiger partial charge in [-0.3, -0.25) is 9.20 Å². The van der Waals surface area contributed by atoms with Crippen LogP contribution in [0.2, 0.25) is 5.02 Å². The Balaban J connectivity index is 1.37. The number of nitrogens with one attached hydrogen (secondary N) is 1. The lowest BCUT2D eigenvalue weighted by molar-refractivity contribution is -0.129. The first-order chi connectivity index (χ1) is 16.0. The summed E-state index contributed by atoms with van der Waals surface area (Å²) in [5.74, 6) is 0.495. The number of carbonyl (C=O) groups excluding carboxylic acids is 1. The molecule has 5 rings (SSSR count). The lowest BCUT2D eigenvalue weighted by Gasteiger charge is -2.35. The minimum atomic E-state index is 0.111. The fraction of sp³-hybridized carbons (Fsp3) is 0.217. The molecule has 9 nitrogen and oxygen atoms in total. The summed E-state index contributed by atoms with van der Waals surface area (Å²) in [4.78, 5) is 29.0. The molecule has 0 atom stereocenters. The molecule has 0 unspecified atom stereocenters. The number of rotatable bonds is 4. The minimum absolute atomic E-state index is 0.111. The Hall–Kier alpha value is -3.85. The van der Waals surface area contributed by atoms with Gasteiger partial charge in [0.05, 0.1) is 34.5 Å². The van der Waals surface area contributed by atoms with E-state index in [1.54, 1.807) is 19.3 Å². The van der Waals surface area contributed by atoms with Crippen molar-refractivity contribution in [2.75, 3.05) is 42.1 Å². The smallest absolute Gasteiger partial charge is 0.227 e. The largest absolute Gasteiger partial charge is 0.397 e. The first-order valence-electron chi connectivity index (χ1n) is 10.6. The van der Waals surface area contributed by atoms with Crippen molar-refractivity contribution in [3.63, 3.8) is 0 Å². The van der Waals surface area contributed by atoms with Crippen molar-refractivity contribution in [2.24, 2.45) is 0 Å². The number of aromatic nitrogens is 4. The van der Waals surface area contributed by atoms with E-state index in [-0.39, 0.29) is 5.91 Å². The van der Waals surface area contributed by atoms with Gasteiger partial charge in [-0.1, -0.05) is 17.7 Å². The molecule has 1 fully saturated rings. The third-order valence-electron chi connectivity index (χ3n) is 5.78. The number of nitrogen functional groups attached to an aromatic ring is 1. The highest BCUT2D eigenvalue weighted by Gasteiger charge is 2.19. The Labute approximate surface area is 195 Å². The van der Waals surface area contributed by atoms with Gasteiger partial charge in [-0.2, -0.15) is 0 Å². The third-order valence-corrected chi connectivity index (χ3v) is 6.05.